The predicted molar refractivity (Wildman–Crippen MR) is 40.0 cm³/mol. The minimum absolute atomic E-state index is 0.949. The molecule has 2 heteroatoms. The molecule has 0 aliphatic carbocycles. The van der Waals surface area contributed by atoms with E-state index in [9.17, 15) is 0 Å². The first-order valence-corrected chi connectivity index (χ1v) is 3.31. The Kier molecular flexibility index (Phi) is 4.37. The molecule has 0 heterocycles. The predicted octanol–water partition coefficient (Wildman–Crippen LogP) is 0.579. The molecule has 0 aromatic rings. The largest absolute Gasteiger partial charge is 0.0857 e. The molecule has 0 bridgehead atoms. The molecule has 0 aromatic heterocycles. The van der Waals surface area contributed by atoms with Gasteiger partial charge in [-0.05, 0) is 0 Å². The Morgan fingerprint density at radius 1 is 1.71 bits per heavy atom. The highest BCUT2D eigenvalue weighted by Gasteiger charge is 1.94. The summed E-state index contributed by atoms with van der Waals surface area (Å²) in [7, 11) is 3.59. The SMILES string of the molecule is BBC(C)CCC. The fourth-order valence-electron chi connectivity index (χ4n) is 0.697. The van der Waals surface area contributed by atoms with Crippen LogP contribution in [0.1, 0.15) is 26.7 Å². The topological polar surface area (TPSA) is 0 Å². The number of hydrogen-bond donors (Lipinski definition) is 0. The molecule has 0 aliphatic heterocycles. The van der Waals surface area contributed by atoms with Crippen LogP contribution in [0.5, 0.6) is 0 Å². The van der Waals surface area contributed by atoms with Crippen LogP contribution in [0.3, 0.4) is 0 Å². The summed E-state index contributed by atoms with van der Waals surface area (Å²) in [6.07, 6.45) is 2.74. The zero-order valence-corrected chi connectivity index (χ0v) is 5.70. The van der Waals surface area contributed by atoms with Gasteiger partial charge in [-0.3, -0.25) is 0 Å². The lowest BCUT2D eigenvalue weighted by molar-refractivity contribution is 0.767. The molecule has 0 nitrogen and oxygen atoms in total. The van der Waals surface area contributed by atoms with Gasteiger partial charge < -0.3 is 0 Å². The van der Waals surface area contributed by atoms with E-state index in [-0.39, 0.29) is 0 Å². The Morgan fingerprint density at radius 2 is 2.29 bits per heavy atom. The van der Waals surface area contributed by atoms with Crippen molar-refractivity contribution in [3.05, 3.63) is 0 Å². The molecule has 1 unspecified atom stereocenters. The van der Waals surface area contributed by atoms with Gasteiger partial charge in [0.2, 0.25) is 0 Å². The maximum Gasteiger partial charge on any atom is 0.0857 e. The van der Waals surface area contributed by atoms with Crippen molar-refractivity contribution in [3.8, 4) is 0 Å². The van der Waals surface area contributed by atoms with Crippen LogP contribution in [0.2, 0.25) is 5.82 Å². The lowest BCUT2D eigenvalue weighted by atomic mass is 9.47. The minimum atomic E-state index is 0.949. The van der Waals surface area contributed by atoms with E-state index in [0.29, 0.717) is 0 Å². The average Bonchev–Trinajstić information content (AvgIpc) is 1.68. The normalized spacial score (nSPS) is 13.4. The van der Waals surface area contributed by atoms with Crippen LogP contribution in [0.15, 0.2) is 0 Å². The Hall–Kier alpha value is 0.130. The standard InChI is InChI=1S/C5H14B2/c1-3-4-5(2)7-6/h5,7H,3-4,6H2,1-2H3. The zero-order valence-electron chi connectivity index (χ0n) is 5.70. The molecule has 0 N–H and O–H groups in total. The molecular weight excluding hydrogens is 81.7 g/mol. The van der Waals surface area contributed by atoms with Gasteiger partial charge in [0.15, 0.2) is 0 Å². The van der Waals surface area contributed by atoms with Crippen LogP contribution >= 0.6 is 0 Å². The third-order valence-corrected chi connectivity index (χ3v) is 1.48. The van der Waals surface area contributed by atoms with Gasteiger partial charge in [-0.25, -0.2) is 0 Å². The van der Waals surface area contributed by atoms with Crippen molar-refractivity contribution in [2.45, 2.75) is 32.5 Å². The van der Waals surface area contributed by atoms with Crippen molar-refractivity contribution in [1.29, 1.82) is 0 Å². The fraction of sp³-hybridized carbons (Fsp3) is 1.00. The highest BCUT2D eigenvalue weighted by Crippen LogP contribution is 2.06. The molecule has 0 spiro atoms. The van der Waals surface area contributed by atoms with E-state index in [4.69, 9.17) is 0 Å². The highest BCUT2D eigenvalue weighted by molar-refractivity contribution is 6.90. The molecule has 1 atom stereocenters. The lowest BCUT2D eigenvalue weighted by Crippen LogP contribution is -1.97. The first-order chi connectivity index (χ1) is 3.31. The minimum Gasteiger partial charge on any atom is -0.0765 e. The van der Waals surface area contributed by atoms with Crippen LogP contribution in [-0.4, -0.2) is 14.9 Å². The molecule has 0 aromatic carbocycles. The van der Waals surface area contributed by atoms with E-state index in [1.807, 2.05) is 0 Å². The van der Waals surface area contributed by atoms with Crippen LogP contribution < -0.4 is 0 Å². The lowest BCUT2D eigenvalue weighted by Gasteiger charge is -2.01. The Morgan fingerprint density at radius 3 is 2.43 bits per heavy atom. The molecule has 0 saturated heterocycles. The summed E-state index contributed by atoms with van der Waals surface area (Å²) >= 11 is 0. The Labute approximate surface area is 48.3 Å². The second kappa shape index (κ2) is 4.29. The summed E-state index contributed by atoms with van der Waals surface area (Å²) in [4.78, 5) is 0. The van der Waals surface area contributed by atoms with E-state index in [1.54, 1.807) is 0 Å². The van der Waals surface area contributed by atoms with Crippen LogP contribution in [-0.2, 0) is 0 Å². The quantitative estimate of drug-likeness (QED) is 0.450. The second-order valence-corrected chi connectivity index (χ2v) is 2.30. The third kappa shape index (κ3) is 3.97. The van der Waals surface area contributed by atoms with E-state index in [2.05, 4.69) is 21.6 Å². The molecular formula is C5H14B2. The number of hydrogen-bond acceptors (Lipinski definition) is 0. The van der Waals surface area contributed by atoms with E-state index >= 15 is 0 Å². The van der Waals surface area contributed by atoms with Gasteiger partial charge in [0.05, 0.1) is 14.9 Å². The van der Waals surface area contributed by atoms with Crippen molar-refractivity contribution >= 4 is 14.9 Å². The molecule has 0 amide bonds. The van der Waals surface area contributed by atoms with E-state index in [0.717, 1.165) is 5.82 Å². The van der Waals surface area contributed by atoms with Gasteiger partial charge in [0.1, 0.15) is 0 Å². The summed E-state index contributed by atoms with van der Waals surface area (Å²) in [6, 6.07) is 0. The zero-order chi connectivity index (χ0) is 5.70. The molecule has 0 aliphatic rings. The maximum atomic E-state index is 2.31. The van der Waals surface area contributed by atoms with Gasteiger partial charge >= 0.3 is 0 Å². The summed E-state index contributed by atoms with van der Waals surface area (Å²) in [5.41, 5.74) is 0. The van der Waals surface area contributed by atoms with E-state index in [1.165, 1.54) is 20.0 Å². The van der Waals surface area contributed by atoms with Crippen molar-refractivity contribution in [2.24, 2.45) is 0 Å². The first kappa shape index (κ1) is 7.13. The average molecular weight is 95.8 g/mol. The molecule has 0 rings (SSSR count). The molecule has 0 fully saturated rings. The second-order valence-electron chi connectivity index (χ2n) is 2.30. The van der Waals surface area contributed by atoms with Gasteiger partial charge in [0.25, 0.3) is 0 Å². The fourth-order valence-corrected chi connectivity index (χ4v) is 0.697. The highest BCUT2D eigenvalue weighted by atomic mass is 13.9. The monoisotopic (exact) mass is 96.1 g/mol. The van der Waals surface area contributed by atoms with Crippen molar-refractivity contribution in [1.82, 2.24) is 0 Å². The third-order valence-electron chi connectivity index (χ3n) is 1.48. The van der Waals surface area contributed by atoms with Gasteiger partial charge in [0, 0.05) is 0 Å². The van der Waals surface area contributed by atoms with Crippen molar-refractivity contribution in [2.75, 3.05) is 0 Å². The van der Waals surface area contributed by atoms with Gasteiger partial charge in [-0.15, -0.1) is 0 Å². The van der Waals surface area contributed by atoms with Crippen molar-refractivity contribution < 1.29 is 0 Å². The molecule has 0 radical (unpaired) electrons. The van der Waals surface area contributed by atoms with E-state index < -0.39 is 0 Å². The molecule has 7 heavy (non-hydrogen) atoms. The molecule has 40 valence electrons. The smallest absolute Gasteiger partial charge is 0.0765 e. The summed E-state index contributed by atoms with van der Waals surface area (Å²) in [5.74, 6) is 0.949. The summed E-state index contributed by atoms with van der Waals surface area (Å²) < 4.78 is 0. The van der Waals surface area contributed by atoms with Crippen LogP contribution in [0.4, 0.5) is 0 Å². The van der Waals surface area contributed by atoms with Crippen LogP contribution in [0.25, 0.3) is 0 Å². The van der Waals surface area contributed by atoms with Gasteiger partial charge in [-0.2, -0.15) is 0 Å². The van der Waals surface area contributed by atoms with Crippen molar-refractivity contribution in [3.63, 3.8) is 0 Å². The maximum absolute atomic E-state index is 2.31. The summed E-state index contributed by atoms with van der Waals surface area (Å²) in [5, 5.41) is 0. The Balaban J connectivity index is 2.83. The number of rotatable bonds is 3. The Bertz CT molecular complexity index is 37.1. The van der Waals surface area contributed by atoms with Gasteiger partial charge in [-0.1, -0.05) is 32.5 Å². The first-order valence-electron chi connectivity index (χ1n) is 3.31. The summed E-state index contributed by atoms with van der Waals surface area (Å²) in [6.45, 7) is 4.55. The molecule has 0 saturated carbocycles. The van der Waals surface area contributed by atoms with Crippen LogP contribution in [0, 0.1) is 0 Å².